The molecule has 1 unspecified atom stereocenters. The first-order chi connectivity index (χ1) is 9.19. The van der Waals surface area contributed by atoms with Crippen molar-refractivity contribution in [2.75, 3.05) is 19.6 Å². The second-order valence-electron chi connectivity index (χ2n) is 5.86. The maximum Gasteiger partial charge on any atom is 0.0294 e. The number of nitrogens with one attached hydrogen (secondary N) is 1. The minimum atomic E-state index is 0.457. The quantitative estimate of drug-likeness (QED) is 0.891. The Hall–Kier alpha value is -0.860. The van der Waals surface area contributed by atoms with Crippen LogP contribution >= 0.6 is 0 Å². The lowest BCUT2D eigenvalue weighted by Gasteiger charge is -2.23. The lowest BCUT2D eigenvalue weighted by Crippen LogP contribution is -2.33. The summed E-state index contributed by atoms with van der Waals surface area (Å²) in [7, 11) is 0. The molecule has 2 atom stereocenters. The SMILES string of the molecule is CCN1CCCC(N[C@H](C)c2cccc(C)c2)CC1. The highest BCUT2D eigenvalue weighted by Gasteiger charge is 2.18. The summed E-state index contributed by atoms with van der Waals surface area (Å²) in [4.78, 5) is 2.57. The molecule has 0 radical (unpaired) electrons. The van der Waals surface area contributed by atoms with Gasteiger partial charge in [0.2, 0.25) is 0 Å². The first kappa shape index (κ1) is 14.5. The van der Waals surface area contributed by atoms with Crippen LogP contribution in [0.15, 0.2) is 24.3 Å². The minimum absolute atomic E-state index is 0.457. The number of hydrogen-bond donors (Lipinski definition) is 1. The van der Waals surface area contributed by atoms with E-state index >= 15 is 0 Å². The van der Waals surface area contributed by atoms with E-state index in [0.29, 0.717) is 12.1 Å². The van der Waals surface area contributed by atoms with Gasteiger partial charge >= 0.3 is 0 Å². The molecule has 0 bridgehead atoms. The Morgan fingerprint density at radius 3 is 2.89 bits per heavy atom. The molecule has 2 rings (SSSR count). The highest BCUT2D eigenvalue weighted by Crippen LogP contribution is 2.18. The number of rotatable bonds is 4. The van der Waals surface area contributed by atoms with Crippen molar-refractivity contribution in [3.63, 3.8) is 0 Å². The zero-order valence-corrected chi connectivity index (χ0v) is 12.7. The van der Waals surface area contributed by atoms with E-state index in [9.17, 15) is 0 Å². The number of hydrogen-bond acceptors (Lipinski definition) is 2. The molecule has 1 N–H and O–H groups in total. The fourth-order valence-electron chi connectivity index (χ4n) is 3.03. The molecule has 1 fully saturated rings. The molecular weight excluding hydrogens is 232 g/mol. The average molecular weight is 260 g/mol. The maximum absolute atomic E-state index is 3.82. The van der Waals surface area contributed by atoms with E-state index in [1.165, 1.54) is 50.0 Å². The summed E-state index contributed by atoms with van der Waals surface area (Å²) in [5.74, 6) is 0. The predicted molar refractivity (Wildman–Crippen MR) is 82.5 cm³/mol. The molecule has 0 spiro atoms. The second-order valence-corrected chi connectivity index (χ2v) is 5.86. The number of nitrogens with zero attached hydrogens (tertiary/aromatic N) is 1. The molecule has 1 aliphatic rings. The Morgan fingerprint density at radius 2 is 2.16 bits per heavy atom. The Labute approximate surface area is 118 Å². The van der Waals surface area contributed by atoms with Gasteiger partial charge in [0.05, 0.1) is 0 Å². The van der Waals surface area contributed by atoms with Gasteiger partial charge in [-0.2, -0.15) is 0 Å². The zero-order chi connectivity index (χ0) is 13.7. The van der Waals surface area contributed by atoms with Gasteiger partial charge in [-0.25, -0.2) is 0 Å². The van der Waals surface area contributed by atoms with E-state index in [4.69, 9.17) is 0 Å². The lowest BCUT2D eigenvalue weighted by atomic mass is 10.0. The number of benzene rings is 1. The highest BCUT2D eigenvalue weighted by atomic mass is 15.1. The molecule has 106 valence electrons. The summed E-state index contributed by atoms with van der Waals surface area (Å²) in [5, 5.41) is 3.82. The van der Waals surface area contributed by atoms with Crippen molar-refractivity contribution >= 4 is 0 Å². The molecule has 1 saturated heterocycles. The van der Waals surface area contributed by atoms with Gasteiger partial charge in [-0.1, -0.05) is 36.8 Å². The lowest BCUT2D eigenvalue weighted by molar-refractivity contribution is 0.295. The second kappa shape index (κ2) is 7.06. The van der Waals surface area contributed by atoms with Gasteiger partial charge in [0.25, 0.3) is 0 Å². The molecule has 19 heavy (non-hydrogen) atoms. The summed E-state index contributed by atoms with van der Waals surface area (Å²) in [6.45, 7) is 10.4. The topological polar surface area (TPSA) is 15.3 Å². The molecule has 1 aromatic carbocycles. The van der Waals surface area contributed by atoms with Crippen LogP contribution in [0.1, 0.15) is 50.3 Å². The monoisotopic (exact) mass is 260 g/mol. The molecule has 1 heterocycles. The smallest absolute Gasteiger partial charge is 0.0294 e. The van der Waals surface area contributed by atoms with Gasteiger partial charge in [0, 0.05) is 12.1 Å². The molecule has 1 aromatic rings. The predicted octanol–water partition coefficient (Wildman–Crippen LogP) is 3.52. The van der Waals surface area contributed by atoms with Crippen molar-refractivity contribution in [3.8, 4) is 0 Å². The van der Waals surface area contributed by atoms with Crippen molar-refractivity contribution in [1.29, 1.82) is 0 Å². The van der Waals surface area contributed by atoms with Gasteiger partial charge in [0.1, 0.15) is 0 Å². The van der Waals surface area contributed by atoms with Crippen LogP contribution in [-0.4, -0.2) is 30.6 Å². The summed E-state index contributed by atoms with van der Waals surface area (Å²) >= 11 is 0. The van der Waals surface area contributed by atoms with Crippen molar-refractivity contribution in [2.45, 2.75) is 52.1 Å². The molecule has 2 heteroatoms. The van der Waals surface area contributed by atoms with Crippen LogP contribution in [0.25, 0.3) is 0 Å². The minimum Gasteiger partial charge on any atom is -0.307 e. The fraction of sp³-hybridized carbons (Fsp3) is 0.647. The Bertz CT molecular complexity index is 389. The molecule has 0 aliphatic carbocycles. The standard InChI is InChI=1S/C17H28N2/c1-4-19-11-6-9-17(10-12-19)18-15(3)16-8-5-7-14(2)13-16/h5,7-8,13,15,17-18H,4,6,9-12H2,1-3H3/t15-,17?/m1/s1. The first-order valence-corrected chi connectivity index (χ1v) is 7.74. The van der Waals surface area contributed by atoms with Gasteiger partial charge in [-0.3, -0.25) is 0 Å². The van der Waals surface area contributed by atoms with E-state index in [-0.39, 0.29) is 0 Å². The van der Waals surface area contributed by atoms with E-state index < -0.39 is 0 Å². The largest absolute Gasteiger partial charge is 0.307 e. The van der Waals surface area contributed by atoms with Gasteiger partial charge in [0.15, 0.2) is 0 Å². The van der Waals surface area contributed by atoms with Crippen molar-refractivity contribution < 1.29 is 0 Å². The summed E-state index contributed by atoms with van der Waals surface area (Å²) in [6.07, 6.45) is 3.92. The first-order valence-electron chi connectivity index (χ1n) is 7.74. The summed E-state index contributed by atoms with van der Waals surface area (Å²) < 4.78 is 0. The van der Waals surface area contributed by atoms with Crippen LogP contribution in [-0.2, 0) is 0 Å². The van der Waals surface area contributed by atoms with Crippen LogP contribution < -0.4 is 5.32 Å². The molecule has 2 nitrogen and oxygen atoms in total. The van der Waals surface area contributed by atoms with Gasteiger partial charge in [-0.15, -0.1) is 0 Å². The normalized spacial score (nSPS) is 23.0. The summed E-state index contributed by atoms with van der Waals surface area (Å²) in [5.41, 5.74) is 2.76. The van der Waals surface area contributed by atoms with Gasteiger partial charge in [-0.05, 0) is 58.3 Å². The molecular formula is C17H28N2. The maximum atomic E-state index is 3.82. The van der Waals surface area contributed by atoms with Crippen LogP contribution in [0, 0.1) is 6.92 Å². The van der Waals surface area contributed by atoms with Crippen molar-refractivity contribution in [2.24, 2.45) is 0 Å². The molecule has 0 aromatic heterocycles. The third-order valence-electron chi connectivity index (χ3n) is 4.30. The molecule has 0 saturated carbocycles. The Morgan fingerprint density at radius 1 is 1.32 bits per heavy atom. The van der Waals surface area contributed by atoms with Crippen molar-refractivity contribution in [1.82, 2.24) is 10.2 Å². The summed E-state index contributed by atoms with van der Waals surface area (Å²) in [6, 6.07) is 9.99. The van der Waals surface area contributed by atoms with E-state index in [1.54, 1.807) is 0 Å². The Balaban J connectivity index is 1.90. The van der Waals surface area contributed by atoms with Crippen LogP contribution in [0.2, 0.25) is 0 Å². The van der Waals surface area contributed by atoms with E-state index in [0.717, 1.165) is 0 Å². The van der Waals surface area contributed by atoms with Crippen LogP contribution in [0.5, 0.6) is 0 Å². The Kier molecular flexibility index (Phi) is 5.41. The number of aryl methyl sites for hydroxylation is 1. The zero-order valence-electron chi connectivity index (χ0n) is 12.7. The third-order valence-corrected chi connectivity index (χ3v) is 4.30. The third kappa shape index (κ3) is 4.32. The fourth-order valence-corrected chi connectivity index (χ4v) is 3.03. The molecule has 1 aliphatic heterocycles. The van der Waals surface area contributed by atoms with E-state index in [1.807, 2.05) is 0 Å². The number of likely N-dealkylation sites (tertiary alicyclic amines) is 1. The molecule has 0 amide bonds. The highest BCUT2D eigenvalue weighted by molar-refractivity contribution is 5.24. The van der Waals surface area contributed by atoms with Crippen LogP contribution in [0.3, 0.4) is 0 Å². The van der Waals surface area contributed by atoms with Crippen LogP contribution in [0.4, 0.5) is 0 Å². The van der Waals surface area contributed by atoms with Gasteiger partial charge < -0.3 is 10.2 Å². The van der Waals surface area contributed by atoms with E-state index in [2.05, 4.69) is 55.3 Å². The average Bonchev–Trinajstić information content (AvgIpc) is 2.64. The van der Waals surface area contributed by atoms with Crippen molar-refractivity contribution in [3.05, 3.63) is 35.4 Å².